The Bertz CT molecular complexity index is 468. The van der Waals surface area contributed by atoms with Gasteiger partial charge in [-0.15, -0.1) is 0 Å². The number of carbonyl (C=O) groups is 1. The molecule has 1 atom stereocenters. The summed E-state index contributed by atoms with van der Waals surface area (Å²) < 4.78 is 0. The summed E-state index contributed by atoms with van der Waals surface area (Å²) in [6.07, 6.45) is 3.04. The molecule has 20 heavy (non-hydrogen) atoms. The molecule has 0 aliphatic carbocycles. The first-order chi connectivity index (χ1) is 9.74. The number of nitrogens with zero attached hydrogens (tertiary/aromatic N) is 1. The summed E-state index contributed by atoms with van der Waals surface area (Å²) in [5.41, 5.74) is 1.30. The fourth-order valence-corrected chi connectivity index (χ4v) is 3.42. The molecule has 108 valence electrons. The van der Waals surface area contributed by atoms with E-state index < -0.39 is 0 Å². The minimum absolute atomic E-state index is 0.236. The van der Waals surface area contributed by atoms with Crippen LogP contribution in [0.25, 0.3) is 0 Å². The molecule has 3 nitrogen and oxygen atoms in total. The quantitative estimate of drug-likeness (QED) is 0.909. The van der Waals surface area contributed by atoms with Crippen LogP contribution in [0.4, 0.5) is 0 Å². The summed E-state index contributed by atoms with van der Waals surface area (Å²) in [6, 6.07) is 8.05. The largest absolute Gasteiger partial charge is 0.342 e. The van der Waals surface area contributed by atoms with Gasteiger partial charge in [0.1, 0.15) is 0 Å². The van der Waals surface area contributed by atoms with Crippen molar-refractivity contribution in [3.05, 3.63) is 34.9 Å². The Morgan fingerprint density at radius 2 is 1.85 bits per heavy atom. The molecule has 0 bridgehead atoms. The summed E-state index contributed by atoms with van der Waals surface area (Å²) in [7, 11) is 0. The van der Waals surface area contributed by atoms with Crippen LogP contribution < -0.4 is 5.32 Å². The number of hydrogen-bond acceptors (Lipinski definition) is 2. The molecule has 1 amide bonds. The maximum Gasteiger partial charge on any atom is 0.225 e. The van der Waals surface area contributed by atoms with E-state index in [1.807, 2.05) is 12.1 Å². The van der Waals surface area contributed by atoms with E-state index in [1.165, 1.54) is 5.56 Å². The highest BCUT2D eigenvalue weighted by molar-refractivity contribution is 6.30. The molecule has 4 heteroatoms. The number of halogens is 1. The molecule has 1 aromatic carbocycles. The molecule has 3 rings (SSSR count). The third-order valence-electron chi connectivity index (χ3n) is 4.53. The number of nitrogens with one attached hydrogen (secondary N) is 1. The van der Waals surface area contributed by atoms with Crippen LogP contribution in [-0.4, -0.2) is 37.0 Å². The fourth-order valence-electron chi connectivity index (χ4n) is 3.29. The Kier molecular flexibility index (Phi) is 4.27. The molecule has 0 spiro atoms. The van der Waals surface area contributed by atoms with Crippen molar-refractivity contribution < 1.29 is 4.79 Å². The van der Waals surface area contributed by atoms with Crippen molar-refractivity contribution in [1.82, 2.24) is 10.2 Å². The lowest BCUT2D eigenvalue weighted by atomic mass is 9.96. The number of carbonyl (C=O) groups excluding carboxylic acids is 1. The van der Waals surface area contributed by atoms with Crippen LogP contribution in [0.15, 0.2) is 24.3 Å². The summed E-state index contributed by atoms with van der Waals surface area (Å²) in [5, 5.41) is 4.09. The molecule has 2 aliphatic rings. The zero-order valence-corrected chi connectivity index (χ0v) is 12.4. The molecule has 1 N–H and O–H groups in total. The molecule has 0 unspecified atom stereocenters. The second kappa shape index (κ2) is 6.15. The summed E-state index contributed by atoms with van der Waals surface area (Å²) >= 11 is 5.93. The van der Waals surface area contributed by atoms with Crippen LogP contribution in [0.2, 0.25) is 5.02 Å². The van der Waals surface area contributed by atoms with Gasteiger partial charge in [0.05, 0.1) is 0 Å². The molecule has 2 heterocycles. The van der Waals surface area contributed by atoms with Crippen LogP contribution in [0.3, 0.4) is 0 Å². The number of piperidine rings is 1. The minimum atomic E-state index is 0.236. The molecule has 1 aromatic rings. The van der Waals surface area contributed by atoms with Gasteiger partial charge in [0, 0.05) is 29.9 Å². The number of amides is 1. The lowest BCUT2D eigenvalue weighted by Gasteiger charge is -2.26. The number of likely N-dealkylation sites (tertiary alicyclic amines) is 1. The standard InChI is InChI=1S/C16H21ClN2O/c17-15-3-1-12(2-4-15)14-7-10-19(11-14)16(20)13-5-8-18-9-6-13/h1-4,13-14,18H,5-11H2/t14-/m0/s1. The molecule has 0 aromatic heterocycles. The number of rotatable bonds is 2. The van der Waals surface area contributed by atoms with E-state index in [9.17, 15) is 4.79 Å². The Morgan fingerprint density at radius 1 is 1.15 bits per heavy atom. The third-order valence-corrected chi connectivity index (χ3v) is 4.78. The van der Waals surface area contributed by atoms with E-state index >= 15 is 0 Å². The van der Waals surface area contributed by atoms with Gasteiger partial charge in [0.25, 0.3) is 0 Å². The topological polar surface area (TPSA) is 32.3 Å². The molecule has 0 radical (unpaired) electrons. The van der Waals surface area contributed by atoms with E-state index in [0.717, 1.165) is 50.5 Å². The Morgan fingerprint density at radius 3 is 2.55 bits per heavy atom. The van der Waals surface area contributed by atoms with Crippen molar-refractivity contribution in [2.24, 2.45) is 5.92 Å². The second-order valence-electron chi connectivity index (χ2n) is 5.85. The molecular weight excluding hydrogens is 272 g/mol. The normalized spacial score (nSPS) is 24.1. The number of benzene rings is 1. The van der Waals surface area contributed by atoms with Crippen molar-refractivity contribution >= 4 is 17.5 Å². The van der Waals surface area contributed by atoms with E-state index in [0.29, 0.717) is 11.8 Å². The summed E-state index contributed by atoms with van der Waals surface area (Å²) in [4.78, 5) is 14.6. The minimum Gasteiger partial charge on any atom is -0.342 e. The van der Waals surface area contributed by atoms with Gasteiger partial charge in [0.2, 0.25) is 5.91 Å². The van der Waals surface area contributed by atoms with Gasteiger partial charge >= 0.3 is 0 Å². The zero-order valence-electron chi connectivity index (χ0n) is 11.6. The smallest absolute Gasteiger partial charge is 0.225 e. The highest BCUT2D eigenvalue weighted by atomic mass is 35.5. The highest BCUT2D eigenvalue weighted by Crippen LogP contribution is 2.29. The van der Waals surface area contributed by atoms with Gasteiger partial charge < -0.3 is 10.2 Å². The van der Waals surface area contributed by atoms with E-state index in [4.69, 9.17) is 11.6 Å². The Labute approximate surface area is 125 Å². The first kappa shape index (κ1) is 13.9. The van der Waals surface area contributed by atoms with Gasteiger partial charge in [-0.05, 0) is 50.0 Å². The fraction of sp³-hybridized carbons (Fsp3) is 0.562. The van der Waals surface area contributed by atoms with E-state index in [-0.39, 0.29) is 5.92 Å². The van der Waals surface area contributed by atoms with Crippen LogP contribution >= 0.6 is 11.6 Å². The van der Waals surface area contributed by atoms with Gasteiger partial charge in [-0.25, -0.2) is 0 Å². The predicted octanol–water partition coefficient (Wildman–Crippen LogP) is 2.66. The average molecular weight is 293 g/mol. The maximum atomic E-state index is 12.5. The van der Waals surface area contributed by atoms with Crippen LogP contribution in [0, 0.1) is 5.92 Å². The van der Waals surface area contributed by atoms with Crippen molar-refractivity contribution in [2.45, 2.75) is 25.2 Å². The van der Waals surface area contributed by atoms with Gasteiger partial charge in [0.15, 0.2) is 0 Å². The van der Waals surface area contributed by atoms with E-state index in [2.05, 4.69) is 22.3 Å². The Balaban J connectivity index is 1.61. The van der Waals surface area contributed by atoms with Crippen molar-refractivity contribution in [3.63, 3.8) is 0 Å². The Hall–Kier alpha value is -1.06. The van der Waals surface area contributed by atoms with Crippen molar-refractivity contribution in [2.75, 3.05) is 26.2 Å². The molecule has 2 saturated heterocycles. The molecule has 2 fully saturated rings. The third kappa shape index (κ3) is 2.99. The summed E-state index contributed by atoms with van der Waals surface area (Å²) in [5.74, 6) is 1.07. The average Bonchev–Trinajstić information content (AvgIpc) is 2.98. The maximum absolute atomic E-state index is 12.5. The van der Waals surface area contributed by atoms with Crippen molar-refractivity contribution in [3.8, 4) is 0 Å². The molecular formula is C16H21ClN2O. The van der Waals surface area contributed by atoms with Gasteiger partial charge in [-0.3, -0.25) is 4.79 Å². The van der Waals surface area contributed by atoms with Gasteiger partial charge in [-0.1, -0.05) is 23.7 Å². The van der Waals surface area contributed by atoms with Crippen LogP contribution in [0.1, 0.15) is 30.7 Å². The van der Waals surface area contributed by atoms with Crippen LogP contribution in [-0.2, 0) is 4.79 Å². The lowest BCUT2D eigenvalue weighted by molar-refractivity contribution is -0.135. The molecule has 2 aliphatic heterocycles. The highest BCUT2D eigenvalue weighted by Gasteiger charge is 2.31. The molecule has 0 saturated carbocycles. The predicted molar refractivity (Wildman–Crippen MR) is 81.0 cm³/mol. The second-order valence-corrected chi connectivity index (χ2v) is 6.28. The van der Waals surface area contributed by atoms with Crippen molar-refractivity contribution in [1.29, 1.82) is 0 Å². The lowest BCUT2D eigenvalue weighted by Crippen LogP contribution is -2.39. The zero-order chi connectivity index (χ0) is 13.9. The first-order valence-corrected chi connectivity index (χ1v) is 7.87. The monoisotopic (exact) mass is 292 g/mol. The summed E-state index contributed by atoms with van der Waals surface area (Å²) in [6.45, 7) is 3.72. The first-order valence-electron chi connectivity index (χ1n) is 7.49. The SMILES string of the molecule is O=C(C1CCNCC1)N1CC[C@H](c2ccc(Cl)cc2)C1. The number of hydrogen-bond donors (Lipinski definition) is 1. The van der Waals surface area contributed by atoms with Gasteiger partial charge in [-0.2, -0.15) is 0 Å². The van der Waals surface area contributed by atoms with E-state index in [1.54, 1.807) is 0 Å². The van der Waals surface area contributed by atoms with Crippen LogP contribution in [0.5, 0.6) is 0 Å².